The first-order valence-electron chi connectivity index (χ1n) is 9.32. The fraction of sp³-hybridized carbons (Fsp3) is 0.400. The van der Waals surface area contributed by atoms with Crippen LogP contribution in [0.5, 0.6) is 0 Å². The lowest BCUT2D eigenvalue weighted by Crippen LogP contribution is -2.44. The highest BCUT2D eigenvalue weighted by Crippen LogP contribution is 2.33. The van der Waals surface area contributed by atoms with Crippen molar-refractivity contribution >= 4 is 35.5 Å². The molecule has 2 aromatic rings. The van der Waals surface area contributed by atoms with Crippen LogP contribution < -0.4 is 21.3 Å². The number of benzene rings is 1. The minimum atomic E-state index is -0.307. The van der Waals surface area contributed by atoms with Gasteiger partial charge in [-0.15, -0.1) is 12.4 Å². The van der Waals surface area contributed by atoms with Gasteiger partial charge in [-0.3, -0.25) is 4.79 Å². The molecule has 0 atom stereocenters. The van der Waals surface area contributed by atoms with Crippen molar-refractivity contribution in [2.24, 2.45) is 5.73 Å². The molecular weight excluding hydrogens is 362 g/mol. The molecule has 7 heteroatoms. The second-order valence-corrected chi connectivity index (χ2v) is 7.01. The van der Waals surface area contributed by atoms with Gasteiger partial charge in [0, 0.05) is 49.3 Å². The van der Waals surface area contributed by atoms with E-state index in [9.17, 15) is 4.79 Å². The number of anilines is 3. The molecule has 1 saturated heterocycles. The Kier molecular flexibility index (Phi) is 6.19. The number of halogens is 1. The zero-order valence-electron chi connectivity index (χ0n) is 15.3. The zero-order valence-corrected chi connectivity index (χ0v) is 16.1. The number of hydrogen-bond donors (Lipinski definition) is 3. The molecule has 1 fully saturated rings. The average molecular weight is 388 g/mol. The lowest BCUT2D eigenvalue weighted by Gasteiger charge is -2.29. The van der Waals surface area contributed by atoms with Gasteiger partial charge in [0.05, 0.1) is 6.42 Å². The lowest BCUT2D eigenvalue weighted by atomic mass is 10.1. The summed E-state index contributed by atoms with van der Waals surface area (Å²) in [7, 11) is 0. The normalized spacial score (nSPS) is 15.8. The van der Waals surface area contributed by atoms with Crippen LogP contribution in [0.2, 0.25) is 0 Å². The summed E-state index contributed by atoms with van der Waals surface area (Å²) in [6, 6.07) is 10.1. The SMILES string of the molecule is Cl.NC(=O)Cc1ccc(Nc2cc(N3CCNCC3)nc3c2CCC3)cc1. The molecule has 0 unspecified atom stereocenters. The monoisotopic (exact) mass is 387 g/mol. The highest BCUT2D eigenvalue weighted by atomic mass is 35.5. The topological polar surface area (TPSA) is 83.3 Å². The molecule has 1 aliphatic carbocycles. The Morgan fingerprint density at radius 3 is 2.63 bits per heavy atom. The van der Waals surface area contributed by atoms with Crippen LogP contribution in [-0.2, 0) is 24.1 Å². The van der Waals surface area contributed by atoms with E-state index in [0.29, 0.717) is 0 Å². The molecule has 27 heavy (non-hydrogen) atoms. The third kappa shape index (κ3) is 4.51. The van der Waals surface area contributed by atoms with Crippen LogP contribution in [0.25, 0.3) is 0 Å². The molecule has 144 valence electrons. The number of fused-ring (bicyclic) bond motifs is 1. The Hall–Kier alpha value is -2.31. The number of amides is 1. The van der Waals surface area contributed by atoms with E-state index in [1.807, 2.05) is 24.3 Å². The second kappa shape index (κ2) is 8.59. The van der Waals surface area contributed by atoms with Gasteiger partial charge in [0.1, 0.15) is 5.82 Å². The number of aromatic nitrogens is 1. The molecule has 4 rings (SSSR count). The number of rotatable bonds is 5. The maximum Gasteiger partial charge on any atom is 0.221 e. The number of nitrogens with one attached hydrogen (secondary N) is 2. The van der Waals surface area contributed by atoms with E-state index in [1.165, 1.54) is 17.7 Å². The van der Waals surface area contributed by atoms with E-state index in [1.54, 1.807) is 0 Å². The molecule has 2 aliphatic rings. The van der Waals surface area contributed by atoms with Crippen LogP contribution in [0.15, 0.2) is 30.3 Å². The fourth-order valence-corrected chi connectivity index (χ4v) is 3.76. The molecule has 6 nitrogen and oxygen atoms in total. The smallest absolute Gasteiger partial charge is 0.221 e. The third-order valence-corrected chi connectivity index (χ3v) is 5.09. The fourth-order valence-electron chi connectivity index (χ4n) is 3.76. The minimum Gasteiger partial charge on any atom is -0.369 e. The van der Waals surface area contributed by atoms with Crippen LogP contribution in [0.1, 0.15) is 23.2 Å². The quantitative estimate of drug-likeness (QED) is 0.732. The van der Waals surface area contributed by atoms with Crippen molar-refractivity contribution in [1.29, 1.82) is 0 Å². The van der Waals surface area contributed by atoms with Gasteiger partial charge >= 0.3 is 0 Å². The number of primary amides is 1. The Balaban J connectivity index is 0.00000210. The van der Waals surface area contributed by atoms with E-state index in [4.69, 9.17) is 10.7 Å². The number of aryl methyl sites for hydroxylation is 1. The van der Waals surface area contributed by atoms with Crippen LogP contribution in [-0.4, -0.2) is 37.1 Å². The van der Waals surface area contributed by atoms with Crippen molar-refractivity contribution < 1.29 is 4.79 Å². The van der Waals surface area contributed by atoms with Crippen LogP contribution in [0, 0.1) is 0 Å². The summed E-state index contributed by atoms with van der Waals surface area (Å²) in [6.45, 7) is 3.99. The van der Waals surface area contributed by atoms with Crippen LogP contribution >= 0.6 is 12.4 Å². The molecule has 0 spiro atoms. The van der Waals surface area contributed by atoms with E-state index < -0.39 is 0 Å². The number of carbonyl (C=O) groups is 1. The van der Waals surface area contributed by atoms with Gasteiger partial charge in [0.25, 0.3) is 0 Å². The Labute approximate surface area is 165 Å². The number of piperazine rings is 1. The van der Waals surface area contributed by atoms with Crippen molar-refractivity contribution in [3.05, 3.63) is 47.2 Å². The Bertz CT molecular complexity index is 803. The summed E-state index contributed by atoms with van der Waals surface area (Å²) >= 11 is 0. The van der Waals surface area contributed by atoms with Crippen molar-refractivity contribution in [1.82, 2.24) is 10.3 Å². The predicted octanol–water partition coefficient (Wildman–Crippen LogP) is 2.17. The van der Waals surface area contributed by atoms with Gasteiger partial charge in [0.2, 0.25) is 5.91 Å². The van der Waals surface area contributed by atoms with Crippen molar-refractivity contribution in [3.63, 3.8) is 0 Å². The Morgan fingerprint density at radius 1 is 1.19 bits per heavy atom. The molecule has 1 aromatic carbocycles. The van der Waals surface area contributed by atoms with Gasteiger partial charge in [-0.1, -0.05) is 12.1 Å². The number of nitrogens with two attached hydrogens (primary N) is 1. The standard InChI is InChI=1S/C20H25N5O.ClH/c21-19(26)12-14-4-6-15(7-5-14)23-18-13-20(25-10-8-22-9-11-25)24-17-3-1-2-16(17)18;/h4-7,13,22H,1-3,8-12H2,(H2,21,26)(H,23,24);1H. The molecule has 1 aromatic heterocycles. The highest BCUT2D eigenvalue weighted by Gasteiger charge is 2.21. The summed E-state index contributed by atoms with van der Waals surface area (Å²) in [5.41, 5.74) is 10.9. The number of pyridine rings is 1. The largest absolute Gasteiger partial charge is 0.369 e. The van der Waals surface area contributed by atoms with Crippen molar-refractivity contribution in [3.8, 4) is 0 Å². The minimum absolute atomic E-state index is 0. The maximum absolute atomic E-state index is 11.1. The number of nitrogens with zero attached hydrogens (tertiary/aromatic N) is 2. The van der Waals surface area contributed by atoms with Crippen molar-refractivity contribution in [2.45, 2.75) is 25.7 Å². The molecular formula is C20H26ClN5O. The average Bonchev–Trinajstić information content (AvgIpc) is 3.12. The van der Waals surface area contributed by atoms with Gasteiger partial charge < -0.3 is 21.3 Å². The predicted molar refractivity (Wildman–Crippen MR) is 111 cm³/mol. The zero-order chi connectivity index (χ0) is 17.9. The molecule has 1 aliphatic heterocycles. The summed E-state index contributed by atoms with van der Waals surface area (Å²) in [5, 5.41) is 6.96. The first kappa shape index (κ1) is 19.5. The van der Waals surface area contributed by atoms with Gasteiger partial charge in [0.15, 0.2) is 0 Å². The maximum atomic E-state index is 11.1. The summed E-state index contributed by atoms with van der Waals surface area (Å²) < 4.78 is 0. The van der Waals surface area contributed by atoms with Crippen LogP contribution in [0.3, 0.4) is 0 Å². The first-order chi connectivity index (χ1) is 12.7. The first-order valence-corrected chi connectivity index (χ1v) is 9.32. The third-order valence-electron chi connectivity index (χ3n) is 5.09. The molecule has 0 bridgehead atoms. The van der Waals surface area contributed by atoms with Crippen molar-refractivity contribution in [2.75, 3.05) is 36.4 Å². The molecule has 2 heterocycles. The van der Waals surface area contributed by atoms with E-state index in [2.05, 4.69) is 21.6 Å². The Morgan fingerprint density at radius 2 is 1.93 bits per heavy atom. The summed E-state index contributed by atoms with van der Waals surface area (Å²) in [5.74, 6) is 0.762. The number of carbonyl (C=O) groups excluding carboxylic acids is 1. The lowest BCUT2D eigenvalue weighted by molar-refractivity contribution is -0.117. The molecule has 4 N–H and O–H groups in total. The second-order valence-electron chi connectivity index (χ2n) is 7.01. The highest BCUT2D eigenvalue weighted by molar-refractivity contribution is 5.85. The van der Waals surface area contributed by atoms with Crippen LogP contribution in [0.4, 0.5) is 17.2 Å². The van der Waals surface area contributed by atoms with Gasteiger partial charge in [-0.2, -0.15) is 0 Å². The number of hydrogen-bond acceptors (Lipinski definition) is 5. The van der Waals surface area contributed by atoms with Gasteiger partial charge in [-0.25, -0.2) is 4.98 Å². The summed E-state index contributed by atoms with van der Waals surface area (Å²) in [4.78, 5) is 18.3. The summed E-state index contributed by atoms with van der Waals surface area (Å²) in [6.07, 6.45) is 3.57. The molecule has 0 saturated carbocycles. The molecule has 1 amide bonds. The van der Waals surface area contributed by atoms with E-state index >= 15 is 0 Å². The molecule has 0 radical (unpaired) electrons. The van der Waals surface area contributed by atoms with Gasteiger partial charge in [-0.05, 0) is 42.5 Å². The van der Waals surface area contributed by atoms with E-state index in [-0.39, 0.29) is 24.7 Å². The van der Waals surface area contributed by atoms with E-state index in [0.717, 1.165) is 61.8 Å².